The van der Waals surface area contributed by atoms with Crippen LogP contribution in [0.3, 0.4) is 0 Å². The van der Waals surface area contributed by atoms with E-state index < -0.39 is 0 Å². The molecule has 1 amide bonds. The second-order valence-corrected chi connectivity index (χ2v) is 4.75. The third-order valence-electron chi connectivity index (χ3n) is 3.20. The fourth-order valence-electron chi connectivity index (χ4n) is 1.97. The normalized spacial score (nSPS) is 12.1. The maximum atomic E-state index is 11.9. The van der Waals surface area contributed by atoms with Crippen molar-refractivity contribution in [2.75, 3.05) is 7.11 Å². The summed E-state index contributed by atoms with van der Waals surface area (Å²) >= 11 is 0. The van der Waals surface area contributed by atoms with Crippen LogP contribution in [0.15, 0.2) is 60.7 Å². The first-order valence-corrected chi connectivity index (χ1v) is 6.86. The molecular weight excluding hydrogens is 262 g/mol. The quantitative estimate of drug-likeness (QED) is 0.851. The lowest BCUT2D eigenvalue weighted by molar-refractivity contribution is -0.117. The molecule has 21 heavy (non-hydrogen) atoms. The van der Waals surface area contributed by atoms with Gasteiger partial charge >= 0.3 is 0 Å². The lowest BCUT2D eigenvalue weighted by Crippen LogP contribution is -2.24. The summed E-state index contributed by atoms with van der Waals surface area (Å²) in [5.74, 6) is 0.691. The number of nitrogens with one attached hydrogen (secondary N) is 1. The van der Waals surface area contributed by atoms with Crippen molar-refractivity contribution in [1.82, 2.24) is 5.32 Å². The molecule has 3 heteroatoms. The van der Waals surface area contributed by atoms with Gasteiger partial charge in [-0.25, -0.2) is 0 Å². The molecule has 0 aliphatic carbocycles. The molecule has 1 unspecified atom stereocenters. The Hall–Kier alpha value is -2.55. The largest absolute Gasteiger partial charge is 0.497 e. The molecule has 0 aliphatic rings. The van der Waals surface area contributed by atoms with Crippen molar-refractivity contribution in [3.63, 3.8) is 0 Å². The van der Waals surface area contributed by atoms with Crippen molar-refractivity contribution in [1.29, 1.82) is 0 Å². The predicted molar refractivity (Wildman–Crippen MR) is 85.0 cm³/mol. The van der Waals surface area contributed by atoms with E-state index in [-0.39, 0.29) is 11.9 Å². The fraction of sp³-hybridized carbons (Fsp3) is 0.167. The van der Waals surface area contributed by atoms with Crippen molar-refractivity contribution in [3.8, 4) is 5.75 Å². The molecule has 0 aliphatic heterocycles. The van der Waals surface area contributed by atoms with Crippen molar-refractivity contribution in [3.05, 3.63) is 71.8 Å². The van der Waals surface area contributed by atoms with Gasteiger partial charge in [0.2, 0.25) is 5.91 Å². The van der Waals surface area contributed by atoms with Crippen LogP contribution in [0.4, 0.5) is 0 Å². The topological polar surface area (TPSA) is 38.3 Å². The van der Waals surface area contributed by atoms with Gasteiger partial charge in [-0.1, -0.05) is 42.5 Å². The number of carbonyl (C=O) groups is 1. The number of benzene rings is 2. The number of rotatable bonds is 5. The average Bonchev–Trinajstić information content (AvgIpc) is 2.54. The Kier molecular flexibility index (Phi) is 5.16. The van der Waals surface area contributed by atoms with E-state index in [0.717, 1.165) is 16.9 Å². The van der Waals surface area contributed by atoms with E-state index in [0.29, 0.717) is 0 Å². The molecular formula is C18H19NO2. The van der Waals surface area contributed by atoms with Crippen LogP contribution in [0.2, 0.25) is 0 Å². The predicted octanol–water partition coefficient (Wildman–Crippen LogP) is 3.59. The van der Waals surface area contributed by atoms with Crippen LogP contribution in [-0.4, -0.2) is 13.0 Å². The van der Waals surface area contributed by atoms with Crippen LogP contribution >= 0.6 is 0 Å². The number of amides is 1. The van der Waals surface area contributed by atoms with Gasteiger partial charge in [0.1, 0.15) is 5.75 Å². The zero-order valence-corrected chi connectivity index (χ0v) is 12.2. The van der Waals surface area contributed by atoms with E-state index in [1.165, 1.54) is 0 Å². The Morgan fingerprint density at radius 1 is 1.10 bits per heavy atom. The average molecular weight is 281 g/mol. The van der Waals surface area contributed by atoms with Crippen molar-refractivity contribution < 1.29 is 9.53 Å². The van der Waals surface area contributed by atoms with E-state index in [2.05, 4.69) is 5.32 Å². The lowest BCUT2D eigenvalue weighted by Gasteiger charge is -2.12. The van der Waals surface area contributed by atoms with Crippen molar-refractivity contribution in [2.45, 2.75) is 13.0 Å². The molecule has 0 saturated heterocycles. The summed E-state index contributed by atoms with van der Waals surface area (Å²) in [5, 5.41) is 2.94. The summed E-state index contributed by atoms with van der Waals surface area (Å²) in [7, 11) is 1.63. The molecule has 1 N–H and O–H groups in total. The van der Waals surface area contributed by atoms with Crippen molar-refractivity contribution >= 4 is 12.0 Å². The van der Waals surface area contributed by atoms with Crippen LogP contribution in [-0.2, 0) is 4.79 Å². The van der Waals surface area contributed by atoms with Gasteiger partial charge in [-0.3, -0.25) is 4.79 Å². The number of methoxy groups -OCH3 is 1. The molecule has 0 heterocycles. The van der Waals surface area contributed by atoms with Gasteiger partial charge in [-0.15, -0.1) is 0 Å². The molecule has 0 radical (unpaired) electrons. The minimum absolute atomic E-state index is 0.0146. The third kappa shape index (κ3) is 4.49. The maximum absolute atomic E-state index is 11.9. The smallest absolute Gasteiger partial charge is 0.244 e. The Morgan fingerprint density at radius 2 is 1.76 bits per heavy atom. The molecule has 108 valence electrons. The molecule has 0 saturated carbocycles. The van der Waals surface area contributed by atoms with Gasteiger partial charge < -0.3 is 10.1 Å². The third-order valence-corrected chi connectivity index (χ3v) is 3.20. The van der Waals surface area contributed by atoms with Gasteiger partial charge in [-0.05, 0) is 36.3 Å². The van der Waals surface area contributed by atoms with E-state index in [9.17, 15) is 4.79 Å². The minimum atomic E-state index is -0.109. The first kappa shape index (κ1) is 14.9. The second-order valence-electron chi connectivity index (χ2n) is 4.75. The van der Waals surface area contributed by atoms with E-state index in [1.54, 1.807) is 19.3 Å². The summed E-state index contributed by atoms with van der Waals surface area (Å²) in [4.78, 5) is 11.9. The maximum Gasteiger partial charge on any atom is 0.244 e. The summed E-state index contributed by atoms with van der Waals surface area (Å²) in [5.41, 5.74) is 2.04. The number of hydrogen-bond donors (Lipinski definition) is 1. The van der Waals surface area contributed by atoms with Gasteiger partial charge in [-0.2, -0.15) is 0 Å². The highest BCUT2D eigenvalue weighted by Crippen LogP contribution is 2.13. The Morgan fingerprint density at radius 3 is 2.38 bits per heavy atom. The monoisotopic (exact) mass is 281 g/mol. The van der Waals surface area contributed by atoms with Crippen LogP contribution in [0.5, 0.6) is 5.75 Å². The first-order valence-electron chi connectivity index (χ1n) is 6.86. The molecule has 0 aromatic heterocycles. The fourth-order valence-corrected chi connectivity index (χ4v) is 1.97. The molecule has 1 atom stereocenters. The summed E-state index contributed by atoms with van der Waals surface area (Å²) in [6.07, 6.45) is 3.33. The molecule has 2 aromatic carbocycles. The molecule has 0 bridgehead atoms. The molecule has 2 rings (SSSR count). The highest BCUT2D eigenvalue weighted by molar-refractivity contribution is 5.91. The van der Waals surface area contributed by atoms with Gasteiger partial charge in [0.05, 0.1) is 13.2 Å². The number of ether oxygens (including phenoxy) is 1. The zero-order chi connectivity index (χ0) is 15.1. The Balaban J connectivity index is 1.93. The van der Waals surface area contributed by atoms with Gasteiger partial charge in [0.15, 0.2) is 0 Å². The summed E-state index contributed by atoms with van der Waals surface area (Å²) in [6.45, 7) is 1.97. The minimum Gasteiger partial charge on any atom is -0.497 e. The molecule has 2 aromatic rings. The highest BCUT2D eigenvalue weighted by atomic mass is 16.5. The SMILES string of the molecule is COc1ccc(/C=C/C(=O)NC(C)c2ccccc2)cc1. The van der Waals surface area contributed by atoms with Crippen molar-refractivity contribution in [2.24, 2.45) is 0 Å². The second kappa shape index (κ2) is 7.29. The zero-order valence-electron chi connectivity index (χ0n) is 12.2. The van der Waals surface area contributed by atoms with Crippen LogP contribution in [0.1, 0.15) is 24.1 Å². The molecule has 3 nitrogen and oxygen atoms in total. The summed E-state index contributed by atoms with van der Waals surface area (Å²) in [6, 6.07) is 17.4. The Labute approximate surface area is 125 Å². The molecule has 0 fully saturated rings. The number of carbonyl (C=O) groups excluding carboxylic acids is 1. The van der Waals surface area contributed by atoms with E-state index >= 15 is 0 Å². The summed E-state index contributed by atoms with van der Waals surface area (Å²) < 4.78 is 5.09. The van der Waals surface area contributed by atoms with Crippen LogP contribution in [0.25, 0.3) is 6.08 Å². The lowest BCUT2D eigenvalue weighted by atomic mass is 10.1. The van der Waals surface area contributed by atoms with E-state index in [1.807, 2.05) is 61.5 Å². The standard InChI is InChI=1S/C18H19NO2/c1-14(16-6-4-3-5-7-16)19-18(20)13-10-15-8-11-17(21-2)12-9-15/h3-14H,1-2H3,(H,19,20)/b13-10+. The first-order chi connectivity index (χ1) is 10.2. The Bertz CT molecular complexity index is 603. The van der Waals surface area contributed by atoms with Gasteiger partial charge in [0.25, 0.3) is 0 Å². The highest BCUT2D eigenvalue weighted by Gasteiger charge is 2.06. The number of hydrogen-bond acceptors (Lipinski definition) is 2. The van der Waals surface area contributed by atoms with Gasteiger partial charge in [0, 0.05) is 6.08 Å². The van der Waals surface area contributed by atoms with E-state index in [4.69, 9.17) is 4.74 Å². The van der Waals surface area contributed by atoms with Crippen LogP contribution < -0.4 is 10.1 Å². The molecule has 0 spiro atoms. The van der Waals surface area contributed by atoms with Crippen LogP contribution in [0, 0.1) is 0 Å².